The number of nitrogens with one attached hydrogen (secondary N) is 1. The first-order valence-electron chi connectivity index (χ1n) is 4.70. The standard InChI is InChI=1S/C9H19F3N2/c1-7(13-3)5-8(2)14(4)6-9(10,11)12/h7-8,13H,5-6H2,1-4H3. The fourth-order valence-electron chi connectivity index (χ4n) is 1.25. The van der Waals surface area contributed by atoms with E-state index in [1.807, 2.05) is 6.92 Å². The van der Waals surface area contributed by atoms with Crippen LogP contribution in [-0.2, 0) is 0 Å². The van der Waals surface area contributed by atoms with Crippen LogP contribution in [-0.4, -0.2) is 43.8 Å². The van der Waals surface area contributed by atoms with Gasteiger partial charge in [-0.25, -0.2) is 0 Å². The molecule has 0 aliphatic heterocycles. The molecule has 0 bridgehead atoms. The van der Waals surface area contributed by atoms with Gasteiger partial charge in [0.15, 0.2) is 0 Å². The smallest absolute Gasteiger partial charge is 0.317 e. The quantitative estimate of drug-likeness (QED) is 0.748. The Bertz CT molecular complexity index is 159. The molecule has 0 saturated heterocycles. The zero-order valence-corrected chi connectivity index (χ0v) is 9.15. The largest absolute Gasteiger partial charge is 0.401 e. The number of rotatable bonds is 5. The molecular weight excluding hydrogens is 193 g/mol. The Morgan fingerprint density at radius 2 is 1.79 bits per heavy atom. The van der Waals surface area contributed by atoms with E-state index in [0.29, 0.717) is 6.42 Å². The second-order valence-corrected chi connectivity index (χ2v) is 3.80. The maximum Gasteiger partial charge on any atom is 0.401 e. The van der Waals surface area contributed by atoms with Gasteiger partial charge >= 0.3 is 6.18 Å². The fourth-order valence-corrected chi connectivity index (χ4v) is 1.25. The van der Waals surface area contributed by atoms with Crippen LogP contribution in [0.5, 0.6) is 0 Å². The lowest BCUT2D eigenvalue weighted by Gasteiger charge is -2.27. The van der Waals surface area contributed by atoms with Crippen molar-refractivity contribution in [3.05, 3.63) is 0 Å². The Hall–Kier alpha value is -0.290. The van der Waals surface area contributed by atoms with Gasteiger partial charge in [-0.15, -0.1) is 0 Å². The Kier molecular flexibility index (Phi) is 5.44. The number of hydrogen-bond acceptors (Lipinski definition) is 2. The molecule has 0 aliphatic rings. The van der Waals surface area contributed by atoms with Gasteiger partial charge in [-0.3, -0.25) is 4.90 Å². The van der Waals surface area contributed by atoms with E-state index in [2.05, 4.69) is 5.32 Å². The summed E-state index contributed by atoms with van der Waals surface area (Å²) in [6.45, 7) is 2.92. The lowest BCUT2D eigenvalue weighted by molar-refractivity contribution is -0.147. The monoisotopic (exact) mass is 212 g/mol. The van der Waals surface area contributed by atoms with Crippen LogP contribution in [0.25, 0.3) is 0 Å². The first-order valence-corrected chi connectivity index (χ1v) is 4.70. The van der Waals surface area contributed by atoms with E-state index in [1.54, 1.807) is 14.0 Å². The summed E-state index contributed by atoms with van der Waals surface area (Å²) in [6, 6.07) is 0.166. The summed E-state index contributed by atoms with van der Waals surface area (Å²) in [5.74, 6) is 0. The second-order valence-electron chi connectivity index (χ2n) is 3.80. The first-order chi connectivity index (χ1) is 6.26. The minimum Gasteiger partial charge on any atom is -0.317 e. The van der Waals surface area contributed by atoms with Gasteiger partial charge in [0.2, 0.25) is 0 Å². The molecule has 86 valence electrons. The van der Waals surface area contributed by atoms with E-state index < -0.39 is 12.7 Å². The molecule has 0 radical (unpaired) electrons. The minimum absolute atomic E-state index is 0.0703. The van der Waals surface area contributed by atoms with E-state index in [1.165, 1.54) is 11.9 Å². The molecule has 2 nitrogen and oxygen atoms in total. The summed E-state index contributed by atoms with van der Waals surface area (Å²) in [7, 11) is 3.31. The molecule has 0 spiro atoms. The molecule has 2 unspecified atom stereocenters. The summed E-state index contributed by atoms with van der Waals surface area (Å²) in [4.78, 5) is 1.33. The maximum atomic E-state index is 12.0. The topological polar surface area (TPSA) is 15.3 Å². The molecule has 0 aliphatic carbocycles. The van der Waals surface area contributed by atoms with Crippen molar-refractivity contribution in [3.8, 4) is 0 Å². The second kappa shape index (κ2) is 5.56. The van der Waals surface area contributed by atoms with E-state index in [-0.39, 0.29) is 12.1 Å². The third-order valence-electron chi connectivity index (χ3n) is 2.37. The molecule has 0 heterocycles. The van der Waals surface area contributed by atoms with Crippen molar-refractivity contribution in [1.82, 2.24) is 10.2 Å². The van der Waals surface area contributed by atoms with Gasteiger partial charge in [0, 0.05) is 12.1 Å². The van der Waals surface area contributed by atoms with Crippen molar-refractivity contribution in [1.29, 1.82) is 0 Å². The molecule has 0 rings (SSSR count). The molecule has 14 heavy (non-hydrogen) atoms. The first kappa shape index (κ1) is 13.7. The number of nitrogens with zero attached hydrogens (tertiary/aromatic N) is 1. The van der Waals surface area contributed by atoms with Gasteiger partial charge in [-0.1, -0.05) is 0 Å². The zero-order valence-electron chi connectivity index (χ0n) is 9.15. The van der Waals surface area contributed by atoms with E-state index in [0.717, 1.165) is 0 Å². The summed E-state index contributed by atoms with van der Waals surface area (Å²) < 4.78 is 36.1. The predicted molar refractivity (Wildman–Crippen MR) is 51.3 cm³/mol. The predicted octanol–water partition coefficient (Wildman–Crippen LogP) is 1.87. The SMILES string of the molecule is CNC(C)CC(C)N(C)CC(F)(F)F. The number of alkyl halides is 3. The van der Waals surface area contributed by atoms with Gasteiger partial charge in [0.25, 0.3) is 0 Å². The molecule has 0 saturated carbocycles. The van der Waals surface area contributed by atoms with Crippen LogP contribution in [0.2, 0.25) is 0 Å². The van der Waals surface area contributed by atoms with Crippen molar-refractivity contribution in [2.75, 3.05) is 20.6 Å². The van der Waals surface area contributed by atoms with E-state index in [4.69, 9.17) is 0 Å². The van der Waals surface area contributed by atoms with Crippen LogP contribution >= 0.6 is 0 Å². The molecule has 0 aromatic rings. The van der Waals surface area contributed by atoms with Crippen molar-refractivity contribution < 1.29 is 13.2 Å². The summed E-state index contributed by atoms with van der Waals surface area (Å²) in [5.41, 5.74) is 0. The van der Waals surface area contributed by atoms with E-state index in [9.17, 15) is 13.2 Å². The Morgan fingerprint density at radius 3 is 2.14 bits per heavy atom. The van der Waals surface area contributed by atoms with Crippen molar-refractivity contribution in [3.63, 3.8) is 0 Å². The van der Waals surface area contributed by atoms with Crippen molar-refractivity contribution >= 4 is 0 Å². The fraction of sp³-hybridized carbons (Fsp3) is 1.00. The highest BCUT2D eigenvalue weighted by Gasteiger charge is 2.30. The summed E-state index contributed by atoms with van der Waals surface area (Å²) >= 11 is 0. The van der Waals surface area contributed by atoms with E-state index >= 15 is 0 Å². The number of hydrogen-bond donors (Lipinski definition) is 1. The summed E-state index contributed by atoms with van der Waals surface area (Å²) in [5, 5.41) is 3.01. The average Bonchev–Trinajstić information content (AvgIpc) is 2.00. The molecule has 2 atom stereocenters. The van der Waals surface area contributed by atoms with Crippen LogP contribution < -0.4 is 5.32 Å². The lowest BCUT2D eigenvalue weighted by atomic mass is 10.1. The highest BCUT2D eigenvalue weighted by Crippen LogP contribution is 2.17. The molecule has 0 aromatic carbocycles. The Labute approximate surface area is 83.5 Å². The number of halogens is 3. The normalized spacial score (nSPS) is 17.1. The Morgan fingerprint density at radius 1 is 1.29 bits per heavy atom. The van der Waals surface area contributed by atoms with Crippen LogP contribution in [0.3, 0.4) is 0 Å². The average molecular weight is 212 g/mol. The summed E-state index contributed by atoms with van der Waals surface area (Å²) in [6.07, 6.45) is -3.39. The molecule has 0 amide bonds. The van der Waals surface area contributed by atoms with Crippen molar-refractivity contribution in [2.45, 2.75) is 38.5 Å². The maximum absolute atomic E-state index is 12.0. The van der Waals surface area contributed by atoms with Gasteiger partial charge in [-0.05, 0) is 34.4 Å². The third-order valence-corrected chi connectivity index (χ3v) is 2.37. The highest BCUT2D eigenvalue weighted by molar-refractivity contribution is 4.71. The molecule has 1 N–H and O–H groups in total. The minimum atomic E-state index is -4.11. The van der Waals surface area contributed by atoms with Gasteiger partial charge in [0.05, 0.1) is 6.54 Å². The highest BCUT2D eigenvalue weighted by atomic mass is 19.4. The van der Waals surface area contributed by atoms with Gasteiger partial charge < -0.3 is 5.32 Å². The van der Waals surface area contributed by atoms with Crippen LogP contribution in [0.15, 0.2) is 0 Å². The van der Waals surface area contributed by atoms with Crippen molar-refractivity contribution in [2.24, 2.45) is 0 Å². The van der Waals surface area contributed by atoms with Crippen LogP contribution in [0.1, 0.15) is 20.3 Å². The molecule has 5 heteroatoms. The lowest BCUT2D eigenvalue weighted by Crippen LogP contribution is -2.40. The molecule has 0 aromatic heterocycles. The van der Waals surface area contributed by atoms with Crippen LogP contribution in [0.4, 0.5) is 13.2 Å². The molecular formula is C9H19F3N2. The zero-order chi connectivity index (χ0) is 11.4. The Balaban J connectivity index is 3.93. The molecule has 0 fully saturated rings. The van der Waals surface area contributed by atoms with Gasteiger partial charge in [-0.2, -0.15) is 13.2 Å². The van der Waals surface area contributed by atoms with Crippen LogP contribution in [0, 0.1) is 0 Å². The van der Waals surface area contributed by atoms with Gasteiger partial charge in [0.1, 0.15) is 0 Å². The third kappa shape index (κ3) is 6.21.